The molecule has 0 aromatic heterocycles. The van der Waals surface area contributed by atoms with Crippen molar-refractivity contribution in [3.05, 3.63) is 50.6 Å². The normalized spacial score (nSPS) is 8.00. The molecule has 0 rings (SSSR count). The minimum atomic E-state index is 1.03. The Labute approximate surface area is 97.2 Å². The first-order valence-electron chi connectivity index (χ1n) is 4.42. The lowest BCUT2D eigenvalue weighted by atomic mass is 10.8. The third-order valence-electron chi connectivity index (χ3n) is 0.943. The molecule has 0 aliphatic rings. The Hall–Kier alpha value is -0.340. The van der Waals surface area contributed by atoms with Crippen molar-refractivity contribution >= 4 is 23.5 Å². The van der Waals surface area contributed by atoms with Gasteiger partial charge in [0.25, 0.3) is 0 Å². The van der Waals surface area contributed by atoms with Gasteiger partial charge in [-0.05, 0) is 0 Å². The van der Waals surface area contributed by atoms with Gasteiger partial charge in [0.15, 0.2) is 0 Å². The molecule has 0 radical (unpaired) electrons. The van der Waals surface area contributed by atoms with Crippen molar-refractivity contribution in [2.75, 3.05) is 23.0 Å². The smallest absolute Gasteiger partial charge is 0.0113 e. The van der Waals surface area contributed by atoms with Gasteiger partial charge in [-0.15, -0.1) is 26.3 Å². The van der Waals surface area contributed by atoms with Gasteiger partial charge in [0.1, 0.15) is 0 Å². The van der Waals surface area contributed by atoms with Crippen LogP contribution in [0.25, 0.3) is 0 Å². The molecule has 0 saturated heterocycles. The average molecular weight is 228 g/mol. The lowest BCUT2D eigenvalue weighted by Gasteiger charge is -1.85. The Kier molecular flexibility index (Phi) is 21.2. The second-order valence-electron chi connectivity index (χ2n) is 2.23. The van der Waals surface area contributed by atoms with Gasteiger partial charge < -0.3 is 0 Å². The first-order valence-corrected chi connectivity index (χ1v) is 6.73. The van der Waals surface area contributed by atoms with Crippen LogP contribution >= 0.6 is 23.5 Å². The summed E-state index contributed by atoms with van der Waals surface area (Å²) in [5.41, 5.74) is 0. The summed E-state index contributed by atoms with van der Waals surface area (Å²) in [5, 5.41) is 0. The Bertz CT molecular complexity index is 116. The summed E-state index contributed by atoms with van der Waals surface area (Å²) < 4.78 is 0. The fourth-order valence-electron chi connectivity index (χ4n) is 0.469. The molecule has 0 bridgehead atoms. The largest absolute Gasteiger partial charge is 0.154 e. The van der Waals surface area contributed by atoms with E-state index in [0.717, 1.165) is 23.0 Å². The summed E-state index contributed by atoms with van der Waals surface area (Å²) in [5.74, 6) is 4.14. The molecule has 0 nitrogen and oxygen atoms in total. The van der Waals surface area contributed by atoms with E-state index >= 15 is 0 Å². The average Bonchev–Trinajstić information content (AvgIpc) is 2.21. The van der Waals surface area contributed by atoms with Crippen molar-refractivity contribution in [2.24, 2.45) is 0 Å². The Morgan fingerprint density at radius 1 is 0.571 bits per heavy atom. The van der Waals surface area contributed by atoms with Crippen LogP contribution < -0.4 is 0 Å². The van der Waals surface area contributed by atoms with Crippen molar-refractivity contribution in [1.82, 2.24) is 0 Å². The highest BCUT2D eigenvalue weighted by atomic mass is 32.2. The highest BCUT2D eigenvalue weighted by Gasteiger charge is 1.74. The summed E-state index contributed by atoms with van der Waals surface area (Å²) in [7, 11) is 0. The van der Waals surface area contributed by atoms with Crippen molar-refractivity contribution < 1.29 is 0 Å². The van der Waals surface area contributed by atoms with E-state index in [9.17, 15) is 0 Å². The zero-order valence-electron chi connectivity index (χ0n) is 8.78. The van der Waals surface area contributed by atoms with Gasteiger partial charge in [0.2, 0.25) is 0 Å². The van der Waals surface area contributed by atoms with Gasteiger partial charge in [-0.25, -0.2) is 0 Å². The van der Waals surface area contributed by atoms with E-state index in [-0.39, 0.29) is 0 Å². The summed E-state index contributed by atoms with van der Waals surface area (Å²) in [6, 6.07) is 0. The molecule has 0 aliphatic carbocycles. The molecule has 14 heavy (non-hydrogen) atoms. The summed E-state index contributed by atoms with van der Waals surface area (Å²) >= 11 is 3.63. The summed E-state index contributed by atoms with van der Waals surface area (Å²) in [6.45, 7) is 14.3. The number of hydrogen-bond acceptors (Lipinski definition) is 2. The van der Waals surface area contributed by atoms with Crippen LogP contribution in [0.4, 0.5) is 0 Å². The van der Waals surface area contributed by atoms with E-state index in [1.54, 1.807) is 0 Å². The highest BCUT2D eigenvalue weighted by Crippen LogP contribution is 1.97. The van der Waals surface area contributed by atoms with Gasteiger partial charge in [-0.2, -0.15) is 23.5 Å². The van der Waals surface area contributed by atoms with E-state index < -0.39 is 0 Å². The van der Waals surface area contributed by atoms with Crippen LogP contribution in [0.1, 0.15) is 0 Å². The van der Waals surface area contributed by atoms with E-state index in [4.69, 9.17) is 0 Å². The third kappa shape index (κ3) is 22.6. The Morgan fingerprint density at radius 3 is 0.929 bits per heavy atom. The molecule has 2 heteroatoms. The standard InChI is InChI=1S/2C6H10S/c2*1-3-5-7-6-4-2/h2*3-4H,1-2,5-6H2. The van der Waals surface area contributed by atoms with Gasteiger partial charge in [0.05, 0.1) is 0 Å². The van der Waals surface area contributed by atoms with Crippen molar-refractivity contribution in [3.63, 3.8) is 0 Å². The minimum absolute atomic E-state index is 1.03. The van der Waals surface area contributed by atoms with Crippen LogP contribution in [-0.4, -0.2) is 23.0 Å². The molecule has 0 aliphatic heterocycles. The lowest BCUT2D eigenvalue weighted by Crippen LogP contribution is -1.69. The zero-order valence-corrected chi connectivity index (χ0v) is 10.4. The van der Waals surface area contributed by atoms with Crippen molar-refractivity contribution in [3.8, 4) is 0 Å². The van der Waals surface area contributed by atoms with Crippen LogP contribution in [0.15, 0.2) is 50.6 Å². The molecule has 0 unspecified atom stereocenters. The molecule has 0 heterocycles. The monoisotopic (exact) mass is 228 g/mol. The van der Waals surface area contributed by atoms with E-state index in [0.29, 0.717) is 0 Å². The van der Waals surface area contributed by atoms with E-state index in [1.165, 1.54) is 0 Å². The zero-order chi connectivity index (χ0) is 11.1. The van der Waals surface area contributed by atoms with Gasteiger partial charge in [-0.3, -0.25) is 0 Å². The minimum Gasteiger partial charge on any atom is -0.154 e. The van der Waals surface area contributed by atoms with Crippen LogP contribution in [0, 0.1) is 0 Å². The van der Waals surface area contributed by atoms with Gasteiger partial charge in [0, 0.05) is 23.0 Å². The predicted molar refractivity (Wildman–Crippen MR) is 75.4 cm³/mol. The van der Waals surface area contributed by atoms with Crippen molar-refractivity contribution in [1.29, 1.82) is 0 Å². The molecule has 0 fully saturated rings. The van der Waals surface area contributed by atoms with E-state index in [1.807, 2.05) is 47.8 Å². The van der Waals surface area contributed by atoms with Crippen molar-refractivity contribution in [2.45, 2.75) is 0 Å². The second-order valence-corrected chi connectivity index (χ2v) is 4.38. The number of hydrogen-bond donors (Lipinski definition) is 0. The predicted octanol–water partition coefficient (Wildman–Crippen LogP) is 4.18. The molecule has 0 saturated carbocycles. The van der Waals surface area contributed by atoms with Crippen LogP contribution in [-0.2, 0) is 0 Å². The van der Waals surface area contributed by atoms with Gasteiger partial charge >= 0.3 is 0 Å². The first-order chi connectivity index (χ1) is 6.83. The third-order valence-corrected chi connectivity index (χ3v) is 2.83. The van der Waals surface area contributed by atoms with Gasteiger partial charge in [-0.1, -0.05) is 24.3 Å². The molecular formula is C12H20S2. The fraction of sp³-hybridized carbons (Fsp3) is 0.333. The lowest BCUT2D eigenvalue weighted by molar-refractivity contribution is 1.74. The SMILES string of the molecule is C=CCSCC=C.C=CCSCC=C. The maximum absolute atomic E-state index is 3.58. The Morgan fingerprint density at radius 2 is 0.786 bits per heavy atom. The number of thioether (sulfide) groups is 2. The molecule has 0 amide bonds. The maximum atomic E-state index is 3.58. The molecule has 0 atom stereocenters. The maximum Gasteiger partial charge on any atom is 0.0113 e. The van der Waals surface area contributed by atoms with Crippen LogP contribution in [0.3, 0.4) is 0 Å². The first kappa shape index (κ1) is 16.1. The Balaban J connectivity index is 0. The summed E-state index contributed by atoms with van der Waals surface area (Å²) in [6.07, 6.45) is 7.59. The molecule has 0 aromatic rings. The fourth-order valence-corrected chi connectivity index (χ4v) is 1.41. The second kappa shape index (κ2) is 18.4. The topological polar surface area (TPSA) is 0 Å². The molecule has 0 aromatic carbocycles. The quantitative estimate of drug-likeness (QED) is 0.451. The number of rotatable bonds is 8. The highest BCUT2D eigenvalue weighted by molar-refractivity contribution is 7.99. The van der Waals surface area contributed by atoms with E-state index in [2.05, 4.69) is 26.3 Å². The van der Waals surface area contributed by atoms with Crippen LogP contribution in [0.5, 0.6) is 0 Å². The molecule has 0 spiro atoms. The molecule has 0 N–H and O–H groups in total. The molecular weight excluding hydrogens is 208 g/mol. The summed E-state index contributed by atoms with van der Waals surface area (Å²) in [4.78, 5) is 0. The molecule has 80 valence electrons. The van der Waals surface area contributed by atoms with Crippen LogP contribution in [0.2, 0.25) is 0 Å².